The molecule has 116 valence electrons. The average Bonchev–Trinajstić information content (AvgIpc) is 2.36. The molecule has 1 atom stereocenters. The van der Waals surface area contributed by atoms with Gasteiger partial charge in [-0.2, -0.15) is 0 Å². The number of sulfonamides is 1. The minimum Gasteiger partial charge on any atom is -0.481 e. The van der Waals surface area contributed by atoms with Crippen molar-refractivity contribution in [1.29, 1.82) is 0 Å². The SMILES string of the molecule is CCC(CC(=O)O)NS(=O)(=O)c1ccc(F)cc1[N+](=O)[O-]. The second kappa shape index (κ2) is 6.59. The van der Waals surface area contributed by atoms with Crippen molar-refractivity contribution in [2.24, 2.45) is 0 Å². The lowest BCUT2D eigenvalue weighted by Gasteiger charge is -2.15. The van der Waals surface area contributed by atoms with E-state index in [0.717, 1.165) is 12.1 Å². The second-order valence-corrected chi connectivity index (χ2v) is 5.88. The number of carboxylic acids is 1. The number of carbonyl (C=O) groups is 1. The van der Waals surface area contributed by atoms with Crippen LogP contribution in [0, 0.1) is 15.9 Å². The molecule has 0 aliphatic heterocycles. The predicted molar refractivity (Wildman–Crippen MR) is 69.7 cm³/mol. The molecule has 0 fully saturated rings. The van der Waals surface area contributed by atoms with Crippen LogP contribution in [-0.4, -0.2) is 30.5 Å². The lowest BCUT2D eigenvalue weighted by atomic mass is 10.2. The van der Waals surface area contributed by atoms with Gasteiger partial charge in [0.1, 0.15) is 5.82 Å². The van der Waals surface area contributed by atoms with E-state index in [2.05, 4.69) is 4.72 Å². The Kier molecular flexibility index (Phi) is 5.33. The maximum absolute atomic E-state index is 13.0. The van der Waals surface area contributed by atoms with Gasteiger partial charge in [0.15, 0.2) is 4.90 Å². The first-order valence-corrected chi connectivity index (χ1v) is 7.33. The molecule has 0 heterocycles. The first-order chi connectivity index (χ1) is 9.67. The van der Waals surface area contributed by atoms with Gasteiger partial charge in [-0.15, -0.1) is 0 Å². The number of nitro benzene ring substituents is 1. The van der Waals surface area contributed by atoms with Crippen molar-refractivity contribution in [2.45, 2.75) is 30.7 Å². The number of halogens is 1. The van der Waals surface area contributed by atoms with Crippen LogP contribution in [0.2, 0.25) is 0 Å². The van der Waals surface area contributed by atoms with Gasteiger partial charge >= 0.3 is 5.97 Å². The third-order valence-electron chi connectivity index (χ3n) is 2.64. The highest BCUT2D eigenvalue weighted by Crippen LogP contribution is 2.24. The predicted octanol–water partition coefficient (Wildman–Crippen LogP) is 1.27. The fourth-order valence-corrected chi connectivity index (χ4v) is 3.10. The van der Waals surface area contributed by atoms with Crippen molar-refractivity contribution in [1.82, 2.24) is 4.72 Å². The van der Waals surface area contributed by atoms with Crippen molar-refractivity contribution < 1.29 is 27.6 Å². The van der Waals surface area contributed by atoms with E-state index in [1.807, 2.05) is 0 Å². The van der Waals surface area contributed by atoms with Gasteiger partial charge < -0.3 is 5.11 Å². The zero-order valence-corrected chi connectivity index (χ0v) is 11.8. The molecule has 8 nitrogen and oxygen atoms in total. The lowest BCUT2D eigenvalue weighted by Crippen LogP contribution is -2.36. The van der Waals surface area contributed by atoms with Gasteiger partial charge in [0.05, 0.1) is 17.4 Å². The van der Waals surface area contributed by atoms with Crippen LogP contribution in [0.3, 0.4) is 0 Å². The number of rotatable bonds is 7. The van der Waals surface area contributed by atoms with Gasteiger partial charge in [-0.05, 0) is 18.6 Å². The number of nitro groups is 1. The van der Waals surface area contributed by atoms with E-state index in [1.165, 1.54) is 0 Å². The van der Waals surface area contributed by atoms with E-state index in [9.17, 15) is 27.7 Å². The summed E-state index contributed by atoms with van der Waals surface area (Å²) in [6.45, 7) is 1.56. The molecule has 21 heavy (non-hydrogen) atoms. The molecule has 1 rings (SSSR count). The topological polar surface area (TPSA) is 127 Å². The molecule has 1 unspecified atom stereocenters. The number of aliphatic carboxylic acids is 1. The van der Waals surface area contributed by atoms with E-state index in [-0.39, 0.29) is 6.42 Å². The average molecular weight is 320 g/mol. The van der Waals surface area contributed by atoms with E-state index in [4.69, 9.17) is 5.11 Å². The summed E-state index contributed by atoms with van der Waals surface area (Å²) in [4.78, 5) is 19.7. The number of nitrogens with zero attached hydrogens (tertiary/aromatic N) is 1. The minimum atomic E-state index is -4.33. The Labute approximate surface area is 119 Å². The van der Waals surface area contributed by atoms with Crippen LogP contribution in [-0.2, 0) is 14.8 Å². The quantitative estimate of drug-likeness (QED) is 0.575. The van der Waals surface area contributed by atoms with Gasteiger partial charge in [-0.3, -0.25) is 14.9 Å². The largest absolute Gasteiger partial charge is 0.481 e. The van der Waals surface area contributed by atoms with Crippen LogP contribution in [0.4, 0.5) is 10.1 Å². The molecule has 0 radical (unpaired) electrons. The second-order valence-electron chi connectivity index (χ2n) is 4.19. The van der Waals surface area contributed by atoms with Crippen LogP contribution in [0.25, 0.3) is 0 Å². The molecule has 2 N–H and O–H groups in total. The van der Waals surface area contributed by atoms with E-state index in [0.29, 0.717) is 6.07 Å². The smallest absolute Gasteiger partial charge is 0.304 e. The maximum Gasteiger partial charge on any atom is 0.304 e. The van der Waals surface area contributed by atoms with Gasteiger partial charge in [0.2, 0.25) is 10.0 Å². The van der Waals surface area contributed by atoms with Crippen LogP contribution >= 0.6 is 0 Å². The molecule has 1 aromatic rings. The number of hydrogen-bond acceptors (Lipinski definition) is 5. The lowest BCUT2D eigenvalue weighted by molar-refractivity contribution is -0.388. The van der Waals surface area contributed by atoms with Crippen LogP contribution in [0.1, 0.15) is 19.8 Å². The Balaban J connectivity index is 3.19. The fraction of sp³-hybridized carbons (Fsp3) is 0.364. The van der Waals surface area contributed by atoms with Gasteiger partial charge in [-0.25, -0.2) is 17.5 Å². The van der Waals surface area contributed by atoms with Crippen molar-refractivity contribution in [3.8, 4) is 0 Å². The summed E-state index contributed by atoms with van der Waals surface area (Å²) in [5, 5.41) is 19.5. The Morgan fingerprint density at radius 3 is 2.62 bits per heavy atom. The van der Waals surface area contributed by atoms with Gasteiger partial charge in [0.25, 0.3) is 5.69 Å². The summed E-state index contributed by atoms with van der Waals surface area (Å²) < 4.78 is 39.2. The molecule has 0 aliphatic rings. The highest BCUT2D eigenvalue weighted by molar-refractivity contribution is 7.89. The first-order valence-electron chi connectivity index (χ1n) is 5.85. The third-order valence-corrected chi connectivity index (χ3v) is 4.21. The Morgan fingerprint density at radius 2 is 2.14 bits per heavy atom. The zero-order valence-electron chi connectivity index (χ0n) is 10.9. The zero-order chi connectivity index (χ0) is 16.2. The van der Waals surface area contributed by atoms with Gasteiger partial charge in [-0.1, -0.05) is 6.92 Å². The maximum atomic E-state index is 13.0. The van der Waals surface area contributed by atoms with Crippen molar-refractivity contribution in [3.05, 3.63) is 34.1 Å². The van der Waals surface area contributed by atoms with Crippen LogP contribution < -0.4 is 4.72 Å². The molecule has 1 aromatic carbocycles. The summed E-state index contributed by atoms with van der Waals surface area (Å²) in [7, 11) is -4.33. The monoisotopic (exact) mass is 320 g/mol. The van der Waals surface area contributed by atoms with Gasteiger partial charge in [0, 0.05) is 6.04 Å². The molecule has 0 saturated heterocycles. The van der Waals surface area contributed by atoms with Crippen LogP contribution in [0.5, 0.6) is 0 Å². The molecular formula is C11H13FN2O6S. The van der Waals surface area contributed by atoms with Crippen molar-refractivity contribution in [2.75, 3.05) is 0 Å². The summed E-state index contributed by atoms with van der Waals surface area (Å²) in [5.41, 5.74) is -0.910. The van der Waals surface area contributed by atoms with Crippen LogP contribution in [0.15, 0.2) is 23.1 Å². The standard InChI is InChI=1S/C11H13FN2O6S/c1-2-8(6-11(15)16)13-21(19,20)10-4-3-7(12)5-9(10)14(17)18/h3-5,8,13H,2,6H2,1H3,(H,15,16). The van der Waals surface area contributed by atoms with E-state index >= 15 is 0 Å². The highest BCUT2D eigenvalue weighted by atomic mass is 32.2. The summed E-state index contributed by atoms with van der Waals surface area (Å²) in [5.74, 6) is -2.16. The summed E-state index contributed by atoms with van der Waals surface area (Å²) in [6, 6.07) is 1.12. The Hall–Kier alpha value is -2.07. The molecule has 0 saturated carbocycles. The number of hydrogen-bond donors (Lipinski definition) is 2. The normalized spacial score (nSPS) is 12.9. The number of nitrogens with one attached hydrogen (secondary N) is 1. The highest BCUT2D eigenvalue weighted by Gasteiger charge is 2.28. The number of benzene rings is 1. The van der Waals surface area contributed by atoms with Crippen molar-refractivity contribution >= 4 is 21.7 Å². The minimum absolute atomic E-state index is 0.181. The number of carboxylic acid groups (broad SMARTS) is 1. The summed E-state index contributed by atoms with van der Waals surface area (Å²) in [6.07, 6.45) is -0.286. The molecule has 0 spiro atoms. The van der Waals surface area contributed by atoms with Crippen molar-refractivity contribution in [3.63, 3.8) is 0 Å². The Bertz CT molecular complexity index is 661. The molecule has 0 amide bonds. The first kappa shape index (κ1) is 17.0. The molecule has 0 bridgehead atoms. The van der Waals surface area contributed by atoms with E-state index in [1.54, 1.807) is 6.92 Å². The Morgan fingerprint density at radius 1 is 1.52 bits per heavy atom. The van der Waals surface area contributed by atoms with E-state index < -0.39 is 49.8 Å². The molecule has 0 aliphatic carbocycles. The summed E-state index contributed by atoms with van der Waals surface area (Å²) >= 11 is 0. The third kappa shape index (κ3) is 4.46. The molecule has 10 heteroatoms. The fourth-order valence-electron chi connectivity index (χ4n) is 1.62. The molecular weight excluding hydrogens is 307 g/mol. The molecule has 0 aromatic heterocycles.